The van der Waals surface area contributed by atoms with Crippen LogP contribution in [0.15, 0.2) is 23.1 Å². The first kappa shape index (κ1) is 14.7. The molecule has 0 aromatic heterocycles. The van der Waals surface area contributed by atoms with Gasteiger partial charge in [-0.25, -0.2) is 0 Å². The maximum atomic E-state index is 11.8. The third-order valence-electron chi connectivity index (χ3n) is 4.31. The smallest absolute Gasteiger partial charge is 0.223 e. The topological polar surface area (TPSA) is 49.6 Å². The van der Waals surface area contributed by atoms with Crippen molar-refractivity contribution in [2.24, 2.45) is 5.73 Å². The molecule has 0 saturated carbocycles. The van der Waals surface area contributed by atoms with Crippen LogP contribution >= 0.6 is 24.0 Å². The fourth-order valence-electron chi connectivity index (χ4n) is 3.28. The maximum absolute atomic E-state index is 11.8. The number of amides is 1. The SMILES string of the molecule is CSc1cccc(N2CCN3C(=O)CCC3C2)c1C(N)=S. The van der Waals surface area contributed by atoms with E-state index in [4.69, 9.17) is 18.0 Å². The lowest BCUT2D eigenvalue weighted by atomic mass is 10.1. The summed E-state index contributed by atoms with van der Waals surface area (Å²) in [6, 6.07) is 6.52. The lowest BCUT2D eigenvalue weighted by Gasteiger charge is -2.39. The van der Waals surface area contributed by atoms with Gasteiger partial charge in [0.15, 0.2) is 0 Å². The molecule has 3 rings (SSSR count). The van der Waals surface area contributed by atoms with Crippen LogP contribution in [-0.4, -0.2) is 47.7 Å². The van der Waals surface area contributed by atoms with Gasteiger partial charge in [0.05, 0.1) is 0 Å². The van der Waals surface area contributed by atoms with Crippen LogP contribution in [0.2, 0.25) is 0 Å². The minimum absolute atomic E-state index is 0.298. The Bertz CT molecular complexity index is 590. The number of fused-ring (bicyclic) bond motifs is 1. The van der Waals surface area contributed by atoms with E-state index in [-0.39, 0.29) is 0 Å². The Morgan fingerprint density at radius 1 is 1.43 bits per heavy atom. The molecule has 2 heterocycles. The van der Waals surface area contributed by atoms with Gasteiger partial charge in [0.25, 0.3) is 0 Å². The molecule has 2 aliphatic rings. The third kappa shape index (κ3) is 2.62. The van der Waals surface area contributed by atoms with Gasteiger partial charge >= 0.3 is 0 Å². The first-order valence-electron chi connectivity index (χ1n) is 7.13. The summed E-state index contributed by atoms with van der Waals surface area (Å²) in [5, 5.41) is 0. The first-order valence-corrected chi connectivity index (χ1v) is 8.76. The van der Waals surface area contributed by atoms with Gasteiger partial charge in [0, 0.05) is 48.2 Å². The zero-order valence-electron chi connectivity index (χ0n) is 12.0. The lowest BCUT2D eigenvalue weighted by molar-refractivity contribution is -0.129. The molecule has 0 spiro atoms. The van der Waals surface area contributed by atoms with E-state index in [2.05, 4.69) is 23.1 Å². The van der Waals surface area contributed by atoms with Gasteiger partial charge in [-0.05, 0) is 24.8 Å². The predicted octanol–water partition coefficient (Wildman–Crippen LogP) is 1.85. The molecule has 2 saturated heterocycles. The first-order chi connectivity index (χ1) is 10.1. The van der Waals surface area contributed by atoms with Crippen LogP contribution in [-0.2, 0) is 4.79 Å². The highest BCUT2D eigenvalue weighted by Gasteiger charge is 2.36. The van der Waals surface area contributed by atoms with Gasteiger partial charge in [-0.2, -0.15) is 0 Å². The molecular weight excluding hydrogens is 302 g/mol. The van der Waals surface area contributed by atoms with Crippen molar-refractivity contribution in [3.63, 3.8) is 0 Å². The molecule has 1 atom stereocenters. The molecule has 2 aliphatic heterocycles. The number of benzene rings is 1. The highest BCUT2D eigenvalue weighted by Crippen LogP contribution is 2.32. The minimum atomic E-state index is 0.298. The number of piperazine rings is 1. The highest BCUT2D eigenvalue weighted by molar-refractivity contribution is 7.98. The summed E-state index contributed by atoms with van der Waals surface area (Å²) >= 11 is 6.92. The lowest BCUT2D eigenvalue weighted by Crippen LogP contribution is -2.51. The average Bonchev–Trinajstić information content (AvgIpc) is 2.87. The second kappa shape index (κ2) is 5.85. The molecule has 1 amide bonds. The largest absolute Gasteiger partial charge is 0.389 e. The van der Waals surface area contributed by atoms with E-state index >= 15 is 0 Å². The molecule has 21 heavy (non-hydrogen) atoms. The molecule has 1 unspecified atom stereocenters. The van der Waals surface area contributed by atoms with Crippen molar-refractivity contribution in [3.8, 4) is 0 Å². The molecule has 0 bridgehead atoms. The van der Waals surface area contributed by atoms with Crippen LogP contribution in [0.1, 0.15) is 18.4 Å². The summed E-state index contributed by atoms with van der Waals surface area (Å²) in [4.78, 5) is 17.7. The Morgan fingerprint density at radius 3 is 2.95 bits per heavy atom. The molecule has 6 heteroatoms. The number of anilines is 1. The van der Waals surface area contributed by atoms with Crippen LogP contribution in [0.3, 0.4) is 0 Å². The monoisotopic (exact) mass is 321 g/mol. The maximum Gasteiger partial charge on any atom is 0.223 e. The van der Waals surface area contributed by atoms with Gasteiger partial charge in [-0.3, -0.25) is 4.79 Å². The van der Waals surface area contributed by atoms with E-state index in [1.807, 2.05) is 11.2 Å². The van der Waals surface area contributed by atoms with Gasteiger partial charge in [-0.1, -0.05) is 18.3 Å². The quantitative estimate of drug-likeness (QED) is 0.680. The van der Waals surface area contributed by atoms with Gasteiger partial charge in [-0.15, -0.1) is 11.8 Å². The number of rotatable bonds is 3. The number of carbonyl (C=O) groups is 1. The summed E-state index contributed by atoms with van der Waals surface area (Å²) in [6.07, 6.45) is 3.68. The van der Waals surface area contributed by atoms with E-state index in [1.54, 1.807) is 11.8 Å². The molecule has 1 aromatic carbocycles. The summed E-state index contributed by atoms with van der Waals surface area (Å²) < 4.78 is 0. The fourth-order valence-corrected chi connectivity index (χ4v) is 4.20. The van der Waals surface area contributed by atoms with Crippen LogP contribution < -0.4 is 10.6 Å². The van der Waals surface area contributed by atoms with E-state index in [0.29, 0.717) is 23.4 Å². The van der Waals surface area contributed by atoms with E-state index < -0.39 is 0 Å². The normalized spacial score (nSPS) is 21.6. The van der Waals surface area contributed by atoms with Crippen molar-refractivity contribution < 1.29 is 4.79 Å². The highest BCUT2D eigenvalue weighted by atomic mass is 32.2. The van der Waals surface area contributed by atoms with E-state index in [0.717, 1.165) is 42.2 Å². The number of thiocarbonyl (C=S) groups is 1. The number of nitrogens with two attached hydrogens (primary N) is 1. The fraction of sp³-hybridized carbons (Fsp3) is 0.467. The van der Waals surface area contributed by atoms with Crippen molar-refractivity contribution in [3.05, 3.63) is 23.8 Å². The molecule has 0 aliphatic carbocycles. The van der Waals surface area contributed by atoms with Gasteiger partial charge < -0.3 is 15.5 Å². The Morgan fingerprint density at radius 2 is 2.24 bits per heavy atom. The minimum Gasteiger partial charge on any atom is -0.389 e. The van der Waals surface area contributed by atoms with Crippen LogP contribution in [0.25, 0.3) is 0 Å². The Labute approximate surface area is 134 Å². The Balaban J connectivity index is 1.91. The molecule has 4 nitrogen and oxygen atoms in total. The summed E-state index contributed by atoms with van der Waals surface area (Å²) in [5.74, 6) is 0.298. The summed E-state index contributed by atoms with van der Waals surface area (Å²) in [5.41, 5.74) is 8.03. The molecule has 1 aromatic rings. The number of hydrogen-bond donors (Lipinski definition) is 1. The van der Waals surface area contributed by atoms with Crippen LogP contribution in [0, 0.1) is 0 Å². The van der Waals surface area contributed by atoms with Crippen molar-refractivity contribution in [1.29, 1.82) is 0 Å². The zero-order valence-corrected chi connectivity index (χ0v) is 13.7. The van der Waals surface area contributed by atoms with Gasteiger partial charge in [0.2, 0.25) is 5.91 Å². The van der Waals surface area contributed by atoms with Crippen LogP contribution in [0.4, 0.5) is 5.69 Å². The molecular formula is C15H19N3OS2. The van der Waals surface area contributed by atoms with Crippen molar-refractivity contribution in [1.82, 2.24) is 4.90 Å². The van der Waals surface area contributed by atoms with Crippen molar-refractivity contribution >= 4 is 40.6 Å². The number of nitrogens with zero attached hydrogens (tertiary/aromatic N) is 2. The summed E-state index contributed by atoms with van der Waals surface area (Å²) in [7, 11) is 0. The Hall–Kier alpha value is -1.27. The molecule has 2 N–H and O–H groups in total. The molecule has 112 valence electrons. The zero-order chi connectivity index (χ0) is 15.0. The number of carbonyl (C=O) groups excluding carboxylic acids is 1. The van der Waals surface area contributed by atoms with E-state index in [9.17, 15) is 4.79 Å². The third-order valence-corrected chi connectivity index (χ3v) is 5.29. The average molecular weight is 321 g/mol. The second-order valence-electron chi connectivity index (χ2n) is 5.44. The number of hydrogen-bond acceptors (Lipinski definition) is 4. The van der Waals surface area contributed by atoms with Crippen molar-refractivity contribution in [2.45, 2.75) is 23.8 Å². The molecule has 2 fully saturated rings. The van der Waals surface area contributed by atoms with E-state index in [1.165, 1.54) is 0 Å². The predicted molar refractivity (Wildman–Crippen MR) is 91.1 cm³/mol. The molecule has 0 radical (unpaired) electrons. The summed E-state index contributed by atoms with van der Waals surface area (Å²) in [6.45, 7) is 2.51. The number of thioether (sulfide) groups is 1. The Kier molecular flexibility index (Phi) is 4.08. The standard InChI is InChI=1S/C15H19N3OS2/c1-21-12-4-2-3-11(14(12)15(16)20)17-7-8-18-10(9-17)5-6-13(18)19/h2-4,10H,5-9H2,1H3,(H2,16,20). The van der Waals surface area contributed by atoms with Gasteiger partial charge in [0.1, 0.15) is 4.99 Å². The van der Waals surface area contributed by atoms with Crippen LogP contribution in [0.5, 0.6) is 0 Å². The van der Waals surface area contributed by atoms with Crippen molar-refractivity contribution in [2.75, 3.05) is 30.8 Å². The second-order valence-corrected chi connectivity index (χ2v) is 6.73.